The monoisotopic (exact) mass is 324 g/mol. The highest BCUT2D eigenvalue weighted by molar-refractivity contribution is 5.74. The molecule has 0 aliphatic heterocycles. The van der Waals surface area contributed by atoms with Gasteiger partial charge in [-0.05, 0) is 24.3 Å². The van der Waals surface area contributed by atoms with Crippen LogP contribution in [0.15, 0.2) is 36.8 Å². The fourth-order valence-electron chi connectivity index (χ4n) is 2.38. The third-order valence-electron chi connectivity index (χ3n) is 3.50. The minimum Gasteiger partial charge on any atom is -0.347 e. The van der Waals surface area contributed by atoms with Crippen LogP contribution in [0.2, 0.25) is 0 Å². The molecule has 0 unspecified atom stereocenters. The van der Waals surface area contributed by atoms with Crippen molar-refractivity contribution in [2.45, 2.75) is 6.54 Å². The molecule has 2 N–H and O–H groups in total. The van der Waals surface area contributed by atoms with Crippen molar-refractivity contribution in [2.24, 2.45) is 7.05 Å². The zero-order valence-electron chi connectivity index (χ0n) is 12.7. The molecule has 0 radical (unpaired) electrons. The summed E-state index contributed by atoms with van der Waals surface area (Å²) in [7, 11) is 1.80. The highest BCUT2D eigenvalue weighted by Gasteiger charge is 2.08. The van der Waals surface area contributed by atoms with Crippen molar-refractivity contribution >= 4 is 17.0 Å². The van der Waals surface area contributed by atoms with Crippen LogP contribution in [0.4, 0.5) is 10.3 Å². The number of fused-ring (bicyclic) bond motifs is 1. The van der Waals surface area contributed by atoms with Gasteiger partial charge >= 0.3 is 0 Å². The molecule has 120 valence electrons. The first-order chi connectivity index (χ1) is 11.7. The summed E-state index contributed by atoms with van der Waals surface area (Å²) in [6, 6.07) is 6.19. The number of hydrogen-bond acceptors (Lipinski definition) is 6. The Kier molecular flexibility index (Phi) is 3.38. The van der Waals surface area contributed by atoms with E-state index in [2.05, 4.69) is 35.3 Å². The van der Waals surface area contributed by atoms with Gasteiger partial charge in [0.25, 0.3) is 0 Å². The first-order valence-corrected chi connectivity index (χ1v) is 7.24. The first kappa shape index (κ1) is 14.2. The second-order valence-corrected chi connectivity index (χ2v) is 5.17. The highest BCUT2D eigenvalue weighted by atomic mass is 19.1. The molecule has 1 aromatic carbocycles. The van der Waals surface area contributed by atoms with E-state index in [1.54, 1.807) is 30.1 Å². The molecular weight excluding hydrogens is 311 g/mol. The van der Waals surface area contributed by atoms with Crippen LogP contribution in [-0.4, -0.2) is 34.7 Å². The second-order valence-electron chi connectivity index (χ2n) is 5.17. The van der Waals surface area contributed by atoms with Gasteiger partial charge < -0.3 is 10.3 Å². The number of hydrogen-bond donors (Lipinski definition) is 2. The normalized spacial score (nSPS) is 11.1. The van der Waals surface area contributed by atoms with E-state index in [1.807, 2.05) is 0 Å². The number of rotatable bonds is 4. The van der Waals surface area contributed by atoms with Crippen molar-refractivity contribution in [2.75, 3.05) is 5.32 Å². The van der Waals surface area contributed by atoms with Crippen LogP contribution in [0.3, 0.4) is 0 Å². The molecule has 0 saturated carbocycles. The number of nitrogens with zero attached hydrogens (tertiary/aromatic N) is 6. The molecular formula is C15H13FN8. The van der Waals surface area contributed by atoms with Crippen LogP contribution in [0.25, 0.3) is 22.6 Å². The van der Waals surface area contributed by atoms with Gasteiger partial charge in [-0.2, -0.15) is 5.10 Å². The molecule has 24 heavy (non-hydrogen) atoms. The van der Waals surface area contributed by atoms with Gasteiger partial charge in [0.15, 0.2) is 5.82 Å². The quantitative estimate of drug-likeness (QED) is 0.595. The Bertz CT molecular complexity index is 1010. The van der Waals surface area contributed by atoms with Gasteiger partial charge in [0.1, 0.15) is 23.7 Å². The molecule has 9 heteroatoms. The van der Waals surface area contributed by atoms with Gasteiger partial charge in [-0.25, -0.2) is 29.0 Å². The number of H-pyrrole nitrogens is 1. The molecule has 4 aromatic rings. The number of aryl methyl sites for hydroxylation is 1. The van der Waals surface area contributed by atoms with Gasteiger partial charge in [-0.1, -0.05) is 0 Å². The number of anilines is 1. The molecule has 4 rings (SSSR count). The standard InChI is InChI=1S/C15H13FN8/c1-24-14(19-8-20-24)11-4-5-17-15(23-11)18-7-13-21-10-3-2-9(16)6-12(10)22-13/h2-6,8H,7H2,1H3,(H,21,22)(H,17,18,23). The lowest BCUT2D eigenvalue weighted by atomic mass is 10.3. The molecule has 0 aliphatic carbocycles. The van der Waals surface area contributed by atoms with E-state index in [0.717, 1.165) is 0 Å². The lowest BCUT2D eigenvalue weighted by Crippen LogP contribution is -2.06. The van der Waals surface area contributed by atoms with Crippen LogP contribution in [0.1, 0.15) is 5.82 Å². The molecule has 0 atom stereocenters. The largest absolute Gasteiger partial charge is 0.347 e. The van der Waals surface area contributed by atoms with Gasteiger partial charge in [-0.3, -0.25) is 0 Å². The lowest BCUT2D eigenvalue weighted by Gasteiger charge is -2.04. The molecule has 0 aliphatic rings. The van der Waals surface area contributed by atoms with Crippen molar-refractivity contribution in [3.63, 3.8) is 0 Å². The number of benzene rings is 1. The molecule has 3 aromatic heterocycles. The maximum atomic E-state index is 13.2. The van der Waals surface area contributed by atoms with Crippen LogP contribution >= 0.6 is 0 Å². The molecule has 3 heterocycles. The molecule has 0 fully saturated rings. The smallest absolute Gasteiger partial charge is 0.223 e. The van der Waals surface area contributed by atoms with Crippen molar-refractivity contribution in [3.8, 4) is 11.5 Å². The Morgan fingerprint density at radius 2 is 2.12 bits per heavy atom. The zero-order valence-corrected chi connectivity index (χ0v) is 12.7. The first-order valence-electron chi connectivity index (χ1n) is 7.24. The third kappa shape index (κ3) is 2.67. The number of imidazole rings is 1. The van der Waals surface area contributed by atoms with E-state index in [0.29, 0.717) is 40.9 Å². The van der Waals surface area contributed by atoms with Crippen LogP contribution < -0.4 is 5.32 Å². The highest BCUT2D eigenvalue weighted by Crippen LogP contribution is 2.15. The summed E-state index contributed by atoms with van der Waals surface area (Å²) in [6.45, 7) is 0.387. The van der Waals surface area contributed by atoms with Gasteiger partial charge in [0.2, 0.25) is 5.95 Å². The van der Waals surface area contributed by atoms with Crippen LogP contribution in [0, 0.1) is 5.82 Å². The average Bonchev–Trinajstić information content (AvgIpc) is 3.18. The fourth-order valence-corrected chi connectivity index (χ4v) is 2.38. The Morgan fingerprint density at radius 1 is 1.21 bits per heavy atom. The van der Waals surface area contributed by atoms with E-state index in [9.17, 15) is 4.39 Å². The van der Waals surface area contributed by atoms with E-state index in [4.69, 9.17) is 0 Å². The van der Waals surface area contributed by atoms with Crippen molar-refractivity contribution in [1.82, 2.24) is 34.7 Å². The number of nitrogens with one attached hydrogen (secondary N) is 2. The van der Waals surface area contributed by atoms with Crippen LogP contribution in [0.5, 0.6) is 0 Å². The molecule has 8 nitrogen and oxygen atoms in total. The van der Waals surface area contributed by atoms with E-state index in [-0.39, 0.29) is 5.82 Å². The predicted molar refractivity (Wildman–Crippen MR) is 85.4 cm³/mol. The minimum atomic E-state index is -0.301. The maximum Gasteiger partial charge on any atom is 0.223 e. The average molecular weight is 324 g/mol. The van der Waals surface area contributed by atoms with Gasteiger partial charge in [-0.15, -0.1) is 0 Å². The number of aromatic nitrogens is 7. The Morgan fingerprint density at radius 3 is 2.96 bits per heavy atom. The van der Waals surface area contributed by atoms with E-state index < -0.39 is 0 Å². The summed E-state index contributed by atoms with van der Waals surface area (Å²) >= 11 is 0. The predicted octanol–water partition coefficient (Wildman–Crippen LogP) is 1.90. The lowest BCUT2D eigenvalue weighted by molar-refractivity contribution is 0.629. The summed E-state index contributed by atoms with van der Waals surface area (Å²) in [5, 5.41) is 7.12. The minimum absolute atomic E-state index is 0.301. The molecule has 0 saturated heterocycles. The second kappa shape index (κ2) is 5.69. The Hall–Kier alpha value is -3.36. The van der Waals surface area contributed by atoms with E-state index >= 15 is 0 Å². The van der Waals surface area contributed by atoms with Crippen LogP contribution in [-0.2, 0) is 13.6 Å². The Labute approximate surface area is 135 Å². The third-order valence-corrected chi connectivity index (χ3v) is 3.50. The number of aromatic amines is 1. The topological polar surface area (TPSA) is 97.2 Å². The summed E-state index contributed by atoms with van der Waals surface area (Å²) in [6.07, 6.45) is 3.12. The van der Waals surface area contributed by atoms with Gasteiger partial charge in [0, 0.05) is 13.2 Å². The fraction of sp³-hybridized carbons (Fsp3) is 0.133. The van der Waals surface area contributed by atoms with Gasteiger partial charge in [0.05, 0.1) is 17.6 Å². The molecule has 0 amide bonds. The maximum absolute atomic E-state index is 13.2. The molecule has 0 spiro atoms. The summed E-state index contributed by atoms with van der Waals surface area (Å²) in [5.74, 6) is 1.47. The SMILES string of the molecule is Cn1ncnc1-c1ccnc(NCc2nc3ccc(F)cc3[nH]2)n1. The van der Waals surface area contributed by atoms with Crippen molar-refractivity contribution in [1.29, 1.82) is 0 Å². The van der Waals surface area contributed by atoms with E-state index in [1.165, 1.54) is 18.5 Å². The molecule has 0 bridgehead atoms. The summed E-state index contributed by atoms with van der Waals surface area (Å²) < 4.78 is 14.9. The van der Waals surface area contributed by atoms with Crippen molar-refractivity contribution < 1.29 is 4.39 Å². The van der Waals surface area contributed by atoms with Crippen molar-refractivity contribution in [3.05, 3.63) is 48.4 Å². The summed E-state index contributed by atoms with van der Waals surface area (Å²) in [5.41, 5.74) is 2.03. The Balaban J connectivity index is 1.54. The zero-order chi connectivity index (χ0) is 16.5. The summed E-state index contributed by atoms with van der Waals surface area (Å²) in [4.78, 5) is 20.2. The number of halogens is 1.